The predicted molar refractivity (Wildman–Crippen MR) is 109 cm³/mol. The number of thioether (sulfide) groups is 1. The van der Waals surface area contributed by atoms with Crippen molar-refractivity contribution in [3.63, 3.8) is 0 Å². The molecule has 1 aliphatic heterocycles. The second kappa shape index (κ2) is 7.35. The molecule has 4 rings (SSSR count). The van der Waals surface area contributed by atoms with Crippen molar-refractivity contribution in [2.75, 3.05) is 18.8 Å². The lowest BCUT2D eigenvalue weighted by Gasteiger charge is -2.31. The number of hydrogen-bond donors (Lipinski definition) is 1. The Balaban J connectivity index is 1.52. The number of nitrogens with zero attached hydrogens (tertiary/aromatic N) is 3. The molecule has 2 aliphatic rings. The molecular formula is C19H26N4OS2. The van der Waals surface area contributed by atoms with Crippen LogP contribution < -0.4 is 5.73 Å². The van der Waals surface area contributed by atoms with Crippen LogP contribution in [0.2, 0.25) is 0 Å². The number of piperidine rings is 1. The fourth-order valence-electron chi connectivity index (χ4n) is 3.91. The lowest BCUT2D eigenvalue weighted by molar-refractivity contribution is -0.131. The molecule has 2 aromatic rings. The first-order valence-electron chi connectivity index (χ1n) is 9.56. The number of likely N-dealkylation sites (tertiary alicyclic amines) is 1. The second-order valence-corrected chi connectivity index (χ2v) is 9.94. The Morgan fingerprint density at radius 1 is 1.27 bits per heavy atom. The first kappa shape index (κ1) is 18.0. The van der Waals surface area contributed by atoms with E-state index < -0.39 is 0 Å². The van der Waals surface area contributed by atoms with Crippen LogP contribution in [0, 0.1) is 5.92 Å². The molecule has 1 atom stereocenters. The molecule has 3 heterocycles. The number of aryl methyl sites for hydroxylation is 2. The highest BCUT2D eigenvalue weighted by atomic mass is 32.2. The number of rotatable bonds is 3. The van der Waals surface area contributed by atoms with E-state index in [1.807, 2.05) is 11.8 Å². The fraction of sp³-hybridized carbons (Fsp3) is 0.632. The van der Waals surface area contributed by atoms with E-state index in [0.29, 0.717) is 11.0 Å². The summed E-state index contributed by atoms with van der Waals surface area (Å²) in [5.74, 6) is 1.48. The summed E-state index contributed by atoms with van der Waals surface area (Å²) >= 11 is 3.19. The Morgan fingerprint density at radius 3 is 2.77 bits per heavy atom. The number of aromatic nitrogens is 2. The van der Waals surface area contributed by atoms with Gasteiger partial charge in [0.2, 0.25) is 5.91 Å². The fourth-order valence-corrected chi connectivity index (χ4v) is 6.10. The molecule has 7 heteroatoms. The number of carbonyl (C=O) groups is 1. The van der Waals surface area contributed by atoms with Crippen molar-refractivity contribution in [1.29, 1.82) is 0 Å². The largest absolute Gasteiger partial charge is 0.383 e. The molecule has 140 valence electrons. The SMILES string of the molecule is CC1CCN(C(=O)C(C)Sc2nc(N)c3c4c(sc3n2)CCCC4)CC1. The van der Waals surface area contributed by atoms with E-state index in [2.05, 4.69) is 11.9 Å². The second-order valence-electron chi connectivity index (χ2n) is 7.55. The van der Waals surface area contributed by atoms with Gasteiger partial charge in [-0.2, -0.15) is 0 Å². The summed E-state index contributed by atoms with van der Waals surface area (Å²) in [6.07, 6.45) is 6.86. The Bertz CT molecular complexity index is 827. The first-order valence-corrected chi connectivity index (χ1v) is 11.3. The predicted octanol–water partition coefficient (Wildman–Crippen LogP) is 3.89. The summed E-state index contributed by atoms with van der Waals surface area (Å²) in [6, 6.07) is 0. The Labute approximate surface area is 162 Å². The minimum Gasteiger partial charge on any atom is -0.383 e. The Morgan fingerprint density at radius 2 is 2.00 bits per heavy atom. The zero-order chi connectivity index (χ0) is 18.3. The quantitative estimate of drug-likeness (QED) is 0.636. The third-order valence-electron chi connectivity index (χ3n) is 5.55. The highest BCUT2D eigenvalue weighted by Crippen LogP contribution is 2.39. The lowest BCUT2D eigenvalue weighted by atomic mass is 9.97. The van der Waals surface area contributed by atoms with Crippen LogP contribution in [-0.2, 0) is 17.6 Å². The van der Waals surface area contributed by atoms with Crippen molar-refractivity contribution < 1.29 is 4.79 Å². The van der Waals surface area contributed by atoms with Crippen molar-refractivity contribution >= 4 is 45.0 Å². The Kier molecular flexibility index (Phi) is 5.10. The van der Waals surface area contributed by atoms with Crippen LogP contribution in [0.1, 0.15) is 50.0 Å². The summed E-state index contributed by atoms with van der Waals surface area (Å²) in [6.45, 7) is 5.94. The summed E-state index contributed by atoms with van der Waals surface area (Å²) in [5, 5.41) is 1.49. The van der Waals surface area contributed by atoms with Gasteiger partial charge in [0.05, 0.1) is 10.6 Å². The number of thiophene rings is 1. The minimum atomic E-state index is -0.185. The van der Waals surface area contributed by atoms with Gasteiger partial charge in [0.1, 0.15) is 10.6 Å². The van der Waals surface area contributed by atoms with Crippen molar-refractivity contribution in [3.05, 3.63) is 10.4 Å². The number of fused-ring (bicyclic) bond motifs is 3. The maximum absolute atomic E-state index is 12.7. The number of hydrogen-bond acceptors (Lipinski definition) is 6. The smallest absolute Gasteiger partial charge is 0.235 e. The standard InChI is InChI=1S/C19H26N4OS2/c1-11-7-9-23(10-8-11)18(24)12(2)25-19-21-16(20)15-13-5-3-4-6-14(13)26-17(15)22-19/h11-12H,3-10H2,1-2H3,(H2,20,21,22). The molecule has 0 spiro atoms. The normalized spacial score (nSPS) is 19.5. The van der Waals surface area contributed by atoms with Crippen LogP contribution in [0.25, 0.3) is 10.2 Å². The average Bonchev–Trinajstić information content (AvgIpc) is 3.00. The Hall–Kier alpha value is -1.34. The molecular weight excluding hydrogens is 364 g/mol. The molecule has 0 bridgehead atoms. The van der Waals surface area contributed by atoms with E-state index in [0.717, 1.165) is 54.9 Å². The van der Waals surface area contributed by atoms with E-state index in [-0.39, 0.29) is 11.2 Å². The maximum atomic E-state index is 12.7. The van der Waals surface area contributed by atoms with Crippen LogP contribution in [0.5, 0.6) is 0 Å². The zero-order valence-electron chi connectivity index (χ0n) is 15.5. The molecule has 26 heavy (non-hydrogen) atoms. The van der Waals surface area contributed by atoms with Crippen LogP contribution in [0.3, 0.4) is 0 Å². The number of carbonyl (C=O) groups excluding carboxylic acids is 1. The van der Waals surface area contributed by atoms with Gasteiger partial charge >= 0.3 is 0 Å². The van der Waals surface area contributed by atoms with Gasteiger partial charge in [0.25, 0.3) is 0 Å². The van der Waals surface area contributed by atoms with Gasteiger partial charge in [-0.05, 0) is 56.9 Å². The molecule has 5 nitrogen and oxygen atoms in total. The van der Waals surface area contributed by atoms with Crippen LogP contribution >= 0.6 is 23.1 Å². The maximum Gasteiger partial charge on any atom is 0.235 e. The molecule has 0 radical (unpaired) electrons. The van der Waals surface area contributed by atoms with Crippen molar-refractivity contribution in [2.45, 2.75) is 62.8 Å². The minimum absolute atomic E-state index is 0.185. The average molecular weight is 391 g/mol. The van der Waals surface area contributed by atoms with Crippen molar-refractivity contribution in [1.82, 2.24) is 14.9 Å². The van der Waals surface area contributed by atoms with Gasteiger partial charge in [-0.1, -0.05) is 18.7 Å². The third kappa shape index (κ3) is 3.43. The van der Waals surface area contributed by atoms with E-state index in [1.54, 1.807) is 11.3 Å². The van der Waals surface area contributed by atoms with E-state index in [1.165, 1.54) is 35.0 Å². The number of anilines is 1. The highest BCUT2D eigenvalue weighted by Gasteiger charge is 2.26. The molecule has 2 N–H and O–H groups in total. The van der Waals surface area contributed by atoms with Crippen LogP contribution in [0.15, 0.2) is 5.16 Å². The molecule has 1 unspecified atom stereocenters. The first-order chi connectivity index (χ1) is 12.5. The molecule has 1 fully saturated rings. The van der Waals surface area contributed by atoms with E-state index in [4.69, 9.17) is 10.7 Å². The van der Waals surface area contributed by atoms with Gasteiger partial charge in [-0.25, -0.2) is 9.97 Å². The third-order valence-corrected chi connectivity index (χ3v) is 7.68. The number of nitrogen functional groups attached to an aromatic ring is 1. The van der Waals surface area contributed by atoms with E-state index >= 15 is 0 Å². The number of nitrogens with two attached hydrogens (primary N) is 1. The lowest BCUT2D eigenvalue weighted by Crippen LogP contribution is -2.41. The number of amides is 1. The van der Waals surface area contributed by atoms with Gasteiger partial charge in [0, 0.05) is 18.0 Å². The van der Waals surface area contributed by atoms with Gasteiger partial charge < -0.3 is 10.6 Å². The highest BCUT2D eigenvalue weighted by molar-refractivity contribution is 8.00. The van der Waals surface area contributed by atoms with Gasteiger partial charge in [-0.15, -0.1) is 11.3 Å². The summed E-state index contributed by atoms with van der Waals surface area (Å²) in [7, 11) is 0. The molecule has 0 aromatic carbocycles. The van der Waals surface area contributed by atoms with Crippen molar-refractivity contribution in [3.8, 4) is 0 Å². The monoisotopic (exact) mass is 390 g/mol. The van der Waals surface area contributed by atoms with Crippen molar-refractivity contribution in [2.24, 2.45) is 5.92 Å². The molecule has 0 saturated carbocycles. The van der Waals surface area contributed by atoms with Gasteiger partial charge in [-0.3, -0.25) is 4.79 Å². The summed E-state index contributed by atoms with van der Waals surface area (Å²) in [5.41, 5.74) is 7.64. The molecule has 2 aromatic heterocycles. The van der Waals surface area contributed by atoms with E-state index in [9.17, 15) is 4.79 Å². The summed E-state index contributed by atoms with van der Waals surface area (Å²) in [4.78, 5) is 26.4. The molecule has 1 aliphatic carbocycles. The zero-order valence-corrected chi connectivity index (χ0v) is 17.1. The molecule has 1 amide bonds. The molecule has 1 saturated heterocycles. The topological polar surface area (TPSA) is 72.1 Å². The van der Waals surface area contributed by atoms with Gasteiger partial charge in [0.15, 0.2) is 5.16 Å². The van der Waals surface area contributed by atoms with Crippen LogP contribution in [-0.4, -0.2) is 39.1 Å². The van der Waals surface area contributed by atoms with Crippen LogP contribution in [0.4, 0.5) is 5.82 Å². The summed E-state index contributed by atoms with van der Waals surface area (Å²) < 4.78 is 0.